The van der Waals surface area contributed by atoms with Crippen LogP contribution < -0.4 is 10.9 Å². The van der Waals surface area contributed by atoms with Gasteiger partial charge in [-0.2, -0.15) is 5.10 Å². The van der Waals surface area contributed by atoms with Gasteiger partial charge >= 0.3 is 0 Å². The summed E-state index contributed by atoms with van der Waals surface area (Å²) < 4.78 is 23.9. The number of rotatable bonds is 4. The van der Waals surface area contributed by atoms with Crippen molar-refractivity contribution < 1.29 is 13.2 Å². The van der Waals surface area contributed by atoms with Crippen LogP contribution in [0.2, 0.25) is 5.02 Å². The summed E-state index contributed by atoms with van der Waals surface area (Å²) in [6.45, 7) is -0.267. The molecule has 1 saturated heterocycles. The first kappa shape index (κ1) is 17.6. The predicted molar refractivity (Wildman–Crippen MR) is 94.1 cm³/mol. The van der Waals surface area contributed by atoms with E-state index >= 15 is 0 Å². The van der Waals surface area contributed by atoms with E-state index in [-0.39, 0.29) is 18.1 Å². The molecule has 1 fully saturated rings. The van der Waals surface area contributed by atoms with Crippen LogP contribution >= 0.6 is 11.6 Å². The van der Waals surface area contributed by atoms with Gasteiger partial charge in [0.05, 0.1) is 17.2 Å². The van der Waals surface area contributed by atoms with Crippen LogP contribution in [0.3, 0.4) is 0 Å². The van der Waals surface area contributed by atoms with E-state index in [2.05, 4.69) is 10.4 Å². The summed E-state index contributed by atoms with van der Waals surface area (Å²) in [6, 6.07) is 9.45. The molecule has 2 aromatic rings. The number of nitrogens with one attached hydrogen (secondary N) is 1. The Morgan fingerprint density at radius 1 is 1.24 bits per heavy atom. The van der Waals surface area contributed by atoms with Crippen molar-refractivity contribution in [1.82, 2.24) is 15.1 Å². The van der Waals surface area contributed by atoms with E-state index in [1.807, 2.05) is 0 Å². The number of carbonyl (C=O) groups excluding carboxylic acids is 1. The minimum atomic E-state index is -3.08. The van der Waals surface area contributed by atoms with Crippen LogP contribution in [-0.2, 0) is 21.2 Å². The first-order valence-corrected chi connectivity index (χ1v) is 9.86. The third-order valence-electron chi connectivity index (χ3n) is 3.90. The molecule has 1 aromatic heterocycles. The highest BCUT2D eigenvalue weighted by Crippen LogP contribution is 2.18. The third-order valence-corrected chi connectivity index (χ3v) is 5.92. The minimum Gasteiger partial charge on any atom is -0.351 e. The lowest BCUT2D eigenvalue weighted by Crippen LogP contribution is -2.40. The summed E-state index contributed by atoms with van der Waals surface area (Å²) >= 11 is 5.85. The highest BCUT2D eigenvalue weighted by atomic mass is 35.5. The molecule has 1 atom stereocenters. The zero-order valence-electron chi connectivity index (χ0n) is 13.2. The second-order valence-electron chi connectivity index (χ2n) is 5.89. The summed E-state index contributed by atoms with van der Waals surface area (Å²) in [5, 5.41) is 7.43. The van der Waals surface area contributed by atoms with Gasteiger partial charge in [-0.15, -0.1) is 0 Å². The number of sulfone groups is 1. The Bertz CT molecular complexity index is 954. The lowest BCUT2D eigenvalue weighted by Gasteiger charge is -2.12. The predicted octanol–water partition coefficient (Wildman–Crippen LogP) is 0.867. The van der Waals surface area contributed by atoms with Crippen molar-refractivity contribution in [3.8, 4) is 11.3 Å². The van der Waals surface area contributed by atoms with E-state index in [0.29, 0.717) is 17.1 Å². The van der Waals surface area contributed by atoms with Crippen molar-refractivity contribution >= 4 is 27.3 Å². The average Bonchev–Trinajstić information content (AvgIpc) is 2.89. The molecule has 1 aliphatic heterocycles. The standard InChI is InChI=1S/C16H16ClN3O4S/c17-12-3-1-11(2-4-12)14-5-6-16(22)20(19-14)9-15(21)18-13-7-8-25(23,24)10-13/h1-6,13H,7-10H2,(H,18,21)/t13-/m0/s1. The molecule has 1 aliphatic rings. The van der Waals surface area contributed by atoms with E-state index in [1.54, 1.807) is 30.3 Å². The second kappa shape index (κ2) is 6.97. The van der Waals surface area contributed by atoms with Crippen LogP contribution in [-0.4, -0.2) is 41.7 Å². The monoisotopic (exact) mass is 381 g/mol. The van der Waals surface area contributed by atoms with E-state index in [0.717, 1.165) is 10.2 Å². The molecule has 7 nitrogen and oxygen atoms in total. The quantitative estimate of drug-likeness (QED) is 0.847. The number of halogens is 1. The van der Waals surface area contributed by atoms with Crippen molar-refractivity contribution in [3.05, 3.63) is 51.8 Å². The molecule has 9 heteroatoms. The van der Waals surface area contributed by atoms with Crippen LogP contribution in [0.4, 0.5) is 0 Å². The molecule has 0 bridgehead atoms. The zero-order valence-corrected chi connectivity index (χ0v) is 14.8. The smallest absolute Gasteiger partial charge is 0.267 e. The number of aromatic nitrogens is 2. The molecule has 0 saturated carbocycles. The van der Waals surface area contributed by atoms with Crippen LogP contribution in [0.25, 0.3) is 11.3 Å². The van der Waals surface area contributed by atoms with E-state index in [4.69, 9.17) is 11.6 Å². The second-order valence-corrected chi connectivity index (χ2v) is 8.55. The number of hydrogen-bond acceptors (Lipinski definition) is 5. The number of hydrogen-bond donors (Lipinski definition) is 1. The highest BCUT2D eigenvalue weighted by molar-refractivity contribution is 7.91. The van der Waals surface area contributed by atoms with Gasteiger partial charge in [0.15, 0.2) is 9.84 Å². The third kappa shape index (κ3) is 4.46. The molecule has 1 aromatic carbocycles. The lowest BCUT2D eigenvalue weighted by atomic mass is 10.1. The van der Waals surface area contributed by atoms with Crippen LogP contribution in [0.15, 0.2) is 41.2 Å². The first-order valence-electron chi connectivity index (χ1n) is 7.66. The largest absolute Gasteiger partial charge is 0.351 e. The molecule has 1 N–H and O–H groups in total. The van der Waals surface area contributed by atoms with Gasteiger partial charge in [0.2, 0.25) is 5.91 Å². The summed E-state index contributed by atoms with van der Waals surface area (Å²) in [6.07, 6.45) is 0.390. The summed E-state index contributed by atoms with van der Waals surface area (Å²) in [4.78, 5) is 24.0. The molecule has 1 amide bonds. The van der Waals surface area contributed by atoms with Gasteiger partial charge in [-0.1, -0.05) is 23.7 Å². The molecule has 3 rings (SSSR count). The van der Waals surface area contributed by atoms with Gasteiger partial charge < -0.3 is 5.32 Å². The summed E-state index contributed by atoms with van der Waals surface area (Å²) in [5.41, 5.74) is 0.889. The fraction of sp³-hybridized carbons (Fsp3) is 0.312. The van der Waals surface area contributed by atoms with Crippen molar-refractivity contribution in [2.75, 3.05) is 11.5 Å². The molecule has 0 radical (unpaired) electrons. The van der Waals surface area contributed by atoms with Gasteiger partial charge in [0.25, 0.3) is 5.56 Å². The molecule has 132 valence electrons. The van der Waals surface area contributed by atoms with Crippen molar-refractivity contribution in [1.29, 1.82) is 0 Å². The van der Waals surface area contributed by atoms with E-state index in [9.17, 15) is 18.0 Å². The Balaban J connectivity index is 1.73. The number of carbonyl (C=O) groups is 1. The Morgan fingerprint density at radius 3 is 2.60 bits per heavy atom. The Labute approximate surface area is 149 Å². The van der Waals surface area contributed by atoms with Crippen molar-refractivity contribution in [2.45, 2.75) is 19.0 Å². The van der Waals surface area contributed by atoms with Crippen molar-refractivity contribution in [3.63, 3.8) is 0 Å². The minimum absolute atomic E-state index is 0.0636. The van der Waals surface area contributed by atoms with Gasteiger partial charge in [-0.25, -0.2) is 13.1 Å². The number of benzene rings is 1. The lowest BCUT2D eigenvalue weighted by molar-refractivity contribution is -0.122. The Morgan fingerprint density at radius 2 is 1.96 bits per heavy atom. The Hall–Kier alpha value is -2.19. The molecule has 0 unspecified atom stereocenters. The molecule has 2 heterocycles. The van der Waals surface area contributed by atoms with Gasteiger partial charge in [0, 0.05) is 22.7 Å². The molecule has 25 heavy (non-hydrogen) atoms. The van der Waals surface area contributed by atoms with Gasteiger partial charge in [-0.05, 0) is 24.6 Å². The van der Waals surface area contributed by atoms with E-state index < -0.39 is 27.3 Å². The number of amides is 1. The van der Waals surface area contributed by atoms with Crippen molar-refractivity contribution in [2.24, 2.45) is 0 Å². The maximum atomic E-state index is 12.1. The Kier molecular flexibility index (Phi) is 4.91. The topological polar surface area (TPSA) is 98.1 Å². The molecule has 0 aliphatic carbocycles. The molecular formula is C16H16ClN3O4S. The normalized spacial score (nSPS) is 18.8. The van der Waals surface area contributed by atoms with Gasteiger partial charge in [0.1, 0.15) is 6.54 Å². The average molecular weight is 382 g/mol. The molecule has 0 spiro atoms. The summed E-state index contributed by atoms with van der Waals surface area (Å²) in [5.74, 6) is -0.432. The summed E-state index contributed by atoms with van der Waals surface area (Å²) in [7, 11) is -3.08. The maximum Gasteiger partial charge on any atom is 0.267 e. The van der Waals surface area contributed by atoms with Crippen LogP contribution in [0.5, 0.6) is 0 Å². The highest BCUT2D eigenvalue weighted by Gasteiger charge is 2.28. The van der Waals surface area contributed by atoms with Crippen LogP contribution in [0, 0.1) is 0 Å². The maximum absolute atomic E-state index is 12.1. The molecular weight excluding hydrogens is 366 g/mol. The zero-order chi connectivity index (χ0) is 18.0. The van der Waals surface area contributed by atoms with Crippen LogP contribution in [0.1, 0.15) is 6.42 Å². The van der Waals surface area contributed by atoms with Gasteiger partial charge in [-0.3, -0.25) is 9.59 Å². The SMILES string of the molecule is O=C(Cn1nc(-c2ccc(Cl)cc2)ccc1=O)N[C@H]1CCS(=O)(=O)C1. The fourth-order valence-corrected chi connectivity index (χ4v) is 4.45. The van der Waals surface area contributed by atoms with E-state index in [1.165, 1.54) is 6.07 Å². The first-order chi connectivity index (χ1) is 11.8. The fourth-order valence-electron chi connectivity index (χ4n) is 2.65. The number of nitrogens with zero attached hydrogens (tertiary/aromatic N) is 2.